The van der Waals surface area contributed by atoms with Crippen molar-refractivity contribution in [1.82, 2.24) is 14.4 Å². The smallest absolute Gasteiger partial charge is 0.146 e. The van der Waals surface area contributed by atoms with E-state index in [0.717, 1.165) is 35.0 Å². The van der Waals surface area contributed by atoms with Crippen molar-refractivity contribution >= 4 is 38.4 Å². The number of rotatable bonds is 0. The molecule has 2 aliphatic rings. The summed E-state index contributed by atoms with van der Waals surface area (Å²) < 4.78 is 2.28. The van der Waals surface area contributed by atoms with Crippen molar-refractivity contribution in [3.8, 4) is 22.3 Å². The van der Waals surface area contributed by atoms with Gasteiger partial charge in [-0.1, -0.05) is 48.5 Å². The first-order valence-electron chi connectivity index (χ1n) is 12.2. The van der Waals surface area contributed by atoms with Crippen molar-refractivity contribution in [2.45, 2.75) is 12.8 Å². The standard InChI is InChI=1S/C32H19N3/c1-2-6-21-18(5-1)13-19-9-10-22-24-16-25-23-11-12-33-17-30(23)35-29-8-4-3-7-28(29)34-32(35)27(25)15-20(24)14-26(22)31(19)21/h1-12,15-17H,13-14H2. The molecule has 0 amide bonds. The third kappa shape index (κ3) is 2.17. The number of nitrogens with zero attached hydrogens (tertiary/aromatic N) is 3. The van der Waals surface area contributed by atoms with Crippen LogP contribution in [0.5, 0.6) is 0 Å². The van der Waals surface area contributed by atoms with Crippen LogP contribution in [0.3, 0.4) is 0 Å². The van der Waals surface area contributed by atoms with Gasteiger partial charge in [0.1, 0.15) is 5.65 Å². The molecule has 0 spiro atoms. The summed E-state index contributed by atoms with van der Waals surface area (Å²) in [5.41, 5.74) is 15.7. The molecule has 0 bridgehead atoms. The van der Waals surface area contributed by atoms with Gasteiger partial charge in [-0.05, 0) is 93.1 Å². The van der Waals surface area contributed by atoms with Gasteiger partial charge in [0.25, 0.3) is 0 Å². The molecule has 3 heteroatoms. The highest BCUT2D eigenvalue weighted by Crippen LogP contribution is 2.49. The highest BCUT2D eigenvalue weighted by molar-refractivity contribution is 6.15. The molecule has 35 heavy (non-hydrogen) atoms. The quantitative estimate of drug-likeness (QED) is 0.229. The second-order valence-electron chi connectivity index (χ2n) is 9.84. The maximum absolute atomic E-state index is 5.09. The number of aromatic nitrogens is 3. The van der Waals surface area contributed by atoms with Gasteiger partial charge >= 0.3 is 0 Å². The molecule has 0 unspecified atom stereocenters. The Morgan fingerprint density at radius 3 is 2.54 bits per heavy atom. The summed E-state index contributed by atoms with van der Waals surface area (Å²) in [6, 6.07) is 28.9. The molecule has 3 aromatic heterocycles. The summed E-state index contributed by atoms with van der Waals surface area (Å²) >= 11 is 0. The number of imidazole rings is 1. The molecule has 0 aliphatic heterocycles. The third-order valence-electron chi connectivity index (χ3n) is 8.10. The van der Waals surface area contributed by atoms with E-state index in [1.54, 1.807) is 0 Å². The SMILES string of the molecule is c1ccc2c(c1)Cc1ccc3c(c1-2)Cc1cc2c(cc1-3)c1ccncc1n1c3ccccc3nc21. The van der Waals surface area contributed by atoms with Gasteiger partial charge in [-0.15, -0.1) is 0 Å². The second-order valence-corrected chi connectivity index (χ2v) is 9.84. The van der Waals surface area contributed by atoms with E-state index in [9.17, 15) is 0 Å². The van der Waals surface area contributed by atoms with Crippen molar-refractivity contribution in [3.63, 3.8) is 0 Å². The Kier molecular flexibility index (Phi) is 3.14. The highest BCUT2D eigenvalue weighted by Gasteiger charge is 2.29. The topological polar surface area (TPSA) is 30.2 Å². The lowest BCUT2D eigenvalue weighted by Crippen LogP contribution is -1.93. The second kappa shape index (κ2) is 6.13. The average molecular weight is 446 g/mol. The van der Waals surface area contributed by atoms with Gasteiger partial charge in [-0.2, -0.15) is 0 Å². The fourth-order valence-corrected chi connectivity index (χ4v) is 6.62. The van der Waals surface area contributed by atoms with Crippen LogP contribution in [0.1, 0.15) is 22.3 Å². The van der Waals surface area contributed by atoms with Crippen LogP contribution < -0.4 is 0 Å². The van der Waals surface area contributed by atoms with Crippen LogP contribution in [-0.4, -0.2) is 14.4 Å². The van der Waals surface area contributed by atoms with Crippen LogP contribution >= 0.6 is 0 Å². The van der Waals surface area contributed by atoms with Crippen LogP contribution in [0.15, 0.2) is 91.3 Å². The molecular formula is C32H19N3. The van der Waals surface area contributed by atoms with E-state index in [1.165, 1.54) is 60.7 Å². The fourth-order valence-electron chi connectivity index (χ4n) is 6.62. The van der Waals surface area contributed by atoms with Crippen LogP contribution in [0, 0.1) is 0 Å². The fraction of sp³-hybridized carbons (Fsp3) is 0.0625. The molecule has 3 heterocycles. The van der Waals surface area contributed by atoms with E-state index >= 15 is 0 Å². The number of benzene rings is 4. The molecule has 162 valence electrons. The molecule has 0 saturated carbocycles. The lowest BCUT2D eigenvalue weighted by molar-refractivity contribution is 1.23. The average Bonchev–Trinajstić information content (AvgIpc) is 3.58. The summed E-state index contributed by atoms with van der Waals surface area (Å²) in [4.78, 5) is 9.57. The van der Waals surface area contributed by atoms with E-state index in [2.05, 4.69) is 88.2 Å². The summed E-state index contributed by atoms with van der Waals surface area (Å²) in [6.45, 7) is 0. The van der Waals surface area contributed by atoms with Gasteiger partial charge in [0, 0.05) is 17.0 Å². The molecule has 9 rings (SSSR count). The zero-order valence-corrected chi connectivity index (χ0v) is 18.9. The maximum Gasteiger partial charge on any atom is 0.146 e. The highest BCUT2D eigenvalue weighted by atomic mass is 15.0. The van der Waals surface area contributed by atoms with E-state index < -0.39 is 0 Å². The zero-order valence-electron chi connectivity index (χ0n) is 18.9. The van der Waals surface area contributed by atoms with Gasteiger partial charge < -0.3 is 0 Å². The molecule has 0 atom stereocenters. The van der Waals surface area contributed by atoms with Crippen molar-refractivity contribution in [1.29, 1.82) is 0 Å². The Hall–Kier alpha value is -4.50. The Morgan fingerprint density at radius 2 is 1.54 bits per heavy atom. The molecule has 0 fully saturated rings. The molecule has 7 aromatic rings. The van der Waals surface area contributed by atoms with Crippen LogP contribution in [0.25, 0.3) is 60.6 Å². The van der Waals surface area contributed by atoms with Crippen LogP contribution in [0.4, 0.5) is 0 Å². The largest absolute Gasteiger partial charge is 0.290 e. The lowest BCUT2D eigenvalue weighted by Gasteiger charge is -2.11. The summed E-state index contributed by atoms with van der Waals surface area (Å²) in [5, 5.41) is 3.68. The van der Waals surface area contributed by atoms with Gasteiger partial charge in [0.15, 0.2) is 0 Å². The monoisotopic (exact) mass is 445 g/mol. The van der Waals surface area contributed by atoms with Gasteiger partial charge in [0.05, 0.1) is 22.7 Å². The predicted octanol–water partition coefficient (Wildman–Crippen LogP) is 7.33. The molecule has 0 radical (unpaired) electrons. The minimum absolute atomic E-state index is 0.971. The lowest BCUT2D eigenvalue weighted by atomic mass is 9.95. The van der Waals surface area contributed by atoms with Crippen molar-refractivity contribution in [2.24, 2.45) is 0 Å². The Balaban J connectivity index is 1.40. The Bertz CT molecular complexity index is 2060. The van der Waals surface area contributed by atoms with E-state index in [4.69, 9.17) is 4.98 Å². The summed E-state index contributed by atoms with van der Waals surface area (Å²) in [5.74, 6) is 0. The number of hydrogen-bond donors (Lipinski definition) is 0. The van der Waals surface area contributed by atoms with Crippen molar-refractivity contribution in [2.75, 3.05) is 0 Å². The summed E-state index contributed by atoms with van der Waals surface area (Å²) in [7, 11) is 0. The first kappa shape index (κ1) is 17.9. The van der Waals surface area contributed by atoms with Gasteiger partial charge in [-0.25, -0.2) is 4.98 Å². The van der Waals surface area contributed by atoms with Gasteiger partial charge in [-0.3, -0.25) is 9.38 Å². The van der Waals surface area contributed by atoms with Crippen LogP contribution in [-0.2, 0) is 12.8 Å². The first-order valence-corrected chi connectivity index (χ1v) is 12.2. The molecule has 4 aromatic carbocycles. The number of para-hydroxylation sites is 2. The predicted molar refractivity (Wildman–Crippen MR) is 142 cm³/mol. The van der Waals surface area contributed by atoms with E-state index in [-0.39, 0.29) is 0 Å². The Morgan fingerprint density at radius 1 is 0.629 bits per heavy atom. The maximum atomic E-state index is 5.09. The Labute approximate surface area is 201 Å². The number of hydrogen-bond acceptors (Lipinski definition) is 2. The molecule has 3 nitrogen and oxygen atoms in total. The minimum atomic E-state index is 0.971. The zero-order chi connectivity index (χ0) is 22.7. The van der Waals surface area contributed by atoms with Gasteiger partial charge in [0.2, 0.25) is 0 Å². The van der Waals surface area contributed by atoms with Crippen molar-refractivity contribution < 1.29 is 0 Å². The molecular weight excluding hydrogens is 426 g/mol. The number of fused-ring (bicyclic) bond motifs is 15. The molecule has 0 saturated heterocycles. The molecule has 2 aliphatic carbocycles. The minimum Gasteiger partial charge on any atom is -0.290 e. The first-order chi connectivity index (χ1) is 17.3. The number of pyridine rings is 2. The van der Waals surface area contributed by atoms with Crippen molar-refractivity contribution in [3.05, 3.63) is 114 Å². The molecule has 0 N–H and O–H groups in total. The summed E-state index contributed by atoms with van der Waals surface area (Å²) in [6.07, 6.45) is 5.88. The van der Waals surface area contributed by atoms with E-state index in [0.29, 0.717) is 0 Å². The normalized spacial score (nSPS) is 13.5. The third-order valence-corrected chi connectivity index (χ3v) is 8.10. The van der Waals surface area contributed by atoms with Crippen LogP contribution in [0.2, 0.25) is 0 Å². The van der Waals surface area contributed by atoms with E-state index in [1.807, 2.05) is 12.4 Å².